The monoisotopic (exact) mass is 278 g/mol. The van der Waals surface area contributed by atoms with Crippen LogP contribution in [0.2, 0.25) is 0 Å². The normalized spacial score (nSPS) is 16.5. The average molecular weight is 278 g/mol. The zero-order valence-corrected chi connectivity index (χ0v) is 11.4. The maximum atomic E-state index is 11.6. The van der Waals surface area contributed by atoms with Gasteiger partial charge in [0.1, 0.15) is 0 Å². The Bertz CT molecular complexity index is 767. The number of carbonyl (C=O) groups is 2. The van der Waals surface area contributed by atoms with Crippen molar-refractivity contribution in [1.82, 2.24) is 0 Å². The van der Waals surface area contributed by atoms with Gasteiger partial charge < -0.3 is 10.2 Å². The minimum absolute atomic E-state index is 0.444. The highest BCUT2D eigenvalue weighted by atomic mass is 16.2. The highest BCUT2D eigenvalue weighted by molar-refractivity contribution is 6.51. The van der Waals surface area contributed by atoms with Crippen molar-refractivity contribution < 1.29 is 9.59 Å². The Morgan fingerprint density at radius 1 is 1.00 bits per heavy atom. The van der Waals surface area contributed by atoms with Gasteiger partial charge in [-0.1, -0.05) is 24.3 Å². The van der Waals surface area contributed by atoms with E-state index < -0.39 is 11.7 Å². The fourth-order valence-corrected chi connectivity index (χ4v) is 3.05. The van der Waals surface area contributed by atoms with Crippen molar-refractivity contribution in [1.29, 1.82) is 0 Å². The summed E-state index contributed by atoms with van der Waals surface area (Å²) in [6.07, 6.45) is 1.01. The molecule has 0 radical (unpaired) electrons. The summed E-state index contributed by atoms with van der Waals surface area (Å²) in [5.74, 6) is -0.980. The molecule has 0 saturated carbocycles. The van der Waals surface area contributed by atoms with Gasteiger partial charge in [0, 0.05) is 18.8 Å². The van der Waals surface area contributed by atoms with E-state index in [9.17, 15) is 9.59 Å². The molecule has 0 unspecified atom stereocenters. The highest BCUT2D eigenvalue weighted by Gasteiger charge is 2.28. The molecule has 2 aliphatic rings. The number of amides is 1. The molecular formula is C17H14N2O2. The van der Waals surface area contributed by atoms with Crippen molar-refractivity contribution in [2.24, 2.45) is 0 Å². The van der Waals surface area contributed by atoms with Gasteiger partial charge in [-0.2, -0.15) is 0 Å². The lowest BCUT2D eigenvalue weighted by Crippen LogP contribution is -2.30. The second-order valence-electron chi connectivity index (χ2n) is 5.45. The molecule has 4 rings (SSSR count). The molecule has 104 valence electrons. The van der Waals surface area contributed by atoms with E-state index in [1.807, 2.05) is 12.1 Å². The van der Waals surface area contributed by atoms with Crippen molar-refractivity contribution in [3.8, 4) is 0 Å². The summed E-state index contributed by atoms with van der Waals surface area (Å²) in [5, 5.41) is 2.63. The van der Waals surface area contributed by atoms with Crippen LogP contribution < -0.4 is 10.2 Å². The molecule has 0 saturated heterocycles. The second kappa shape index (κ2) is 4.45. The Kier molecular flexibility index (Phi) is 2.57. The predicted molar refractivity (Wildman–Crippen MR) is 80.6 cm³/mol. The van der Waals surface area contributed by atoms with Crippen molar-refractivity contribution in [3.63, 3.8) is 0 Å². The molecular weight excluding hydrogens is 264 g/mol. The third kappa shape index (κ3) is 1.91. The molecule has 4 heteroatoms. The van der Waals surface area contributed by atoms with Gasteiger partial charge >= 0.3 is 0 Å². The van der Waals surface area contributed by atoms with Crippen molar-refractivity contribution in [3.05, 3.63) is 59.2 Å². The van der Waals surface area contributed by atoms with E-state index in [1.54, 1.807) is 6.07 Å². The zero-order chi connectivity index (χ0) is 14.4. The first-order valence-corrected chi connectivity index (χ1v) is 7.04. The zero-order valence-electron chi connectivity index (χ0n) is 11.4. The van der Waals surface area contributed by atoms with Crippen LogP contribution in [-0.2, 0) is 17.8 Å². The number of hydrogen-bond acceptors (Lipinski definition) is 3. The van der Waals surface area contributed by atoms with Crippen molar-refractivity contribution >= 4 is 23.1 Å². The van der Waals surface area contributed by atoms with E-state index in [2.05, 4.69) is 34.5 Å². The lowest BCUT2D eigenvalue weighted by molar-refractivity contribution is -0.112. The summed E-state index contributed by atoms with van der Waals surface area (Å²) >= 11 is 0. The number of benzene rings is 2. The standard InChI is InChI=1S/C17H14N2O2/c20-16-14-6-5-13(9-15(14)18-17(16)21)19-8-7-11-3-1-2-4-12(11)10-19/h1-6,9H,7-8,10H2,(H,18,20,21). The SMILES string of the molecule is O=C1Nc2cc(N3CCc4ccccc4C3)ccc2C1=O. The summed E-state index contributed by atoms with van der Waals surface area (Å²) in [6, 6.07) is 14.0. The van der Waals surface area contributed by atoms with Gasteiger partial charge in [0.2, 0.25) is 0 Å². The smallest absolute Gasteiger partial charge is 0.296 e. The average Bonchev–Trinajstić information content (AvgIpc) is 2.81. The Balaban J connectivity index is 1.66. The van der Waals surface area contributed by atoms with Crippen molar-refractivity contribution in [2.45, 2.75) is 13.0 Å². The van der Waals surface area contributed by atoms with Crippen LogP contribution in [0.1, 0.15) is 21.5 Å². The van der Waals surface area contributed by atoms with Crippen LogP contribution >= 0.6 is 0 Å². The van der Waals surface area contributed by atoms with E-state index >= 15 is 0 Å². The number of Topliss-reactive ketones (excluding diaryl/α,β-unsaturated/α-hetero) is 1. The molecule has 0 atom stereocenters. The number of hydrogen-bond donors (Lipinski definition) is 1. The van der Waals surface area contributed by atoms with Gasteiger partial charge in [-0.25, -0.2) is 0 Å². The number of fused-ring (bicyclic) bond motifs is 2. The summed E-state index contributed by atoms with van der Waals surface area (Å²) < 4.78 is 0. The minimum atomic E-state index is -0.536. The highest BCUT2D eigenvalue weighted by Crippen LogP contribution is 2.31. The Morgan fingerprint density at radius 2 is 1.81 bits per heavy atom. The van der Waals surface area contributed by atoms with Gasteiger partial charge in [-0.15, -0.1) is 0 Å². The second-order valence-corrected chi connectivity index (χ2v) is 5.45. The molecule has 0 aliphatic carbocycles. The van der Waals surface area contributed by atoms with Crippen LogP contribution in [-0.4, -0.2) is 18.2 Å². The van der Waals surface area contributed by atoms with Gasteiger partial charge in [-0.3, -0.25) is 9.59 Å². The molecule has 2 aromatic rings. The summed E-state index contributed by atoms with van der Waals surface area (Å²) in [6.45, 7) is 1.80. The lowest BCUT2D eigenvalue weighted by atomic mass is 9.99. The molecule has 1 amide bonds. The lowest BCUT2D eigenvalue weighted by Gasteiger charge is -2.31. The number of carbonyl (C=O) groups excluding carboxylic acids is 2. The maximum absolute atomic E-state index is 11.6. The third-order valence-electron chi connectivity index (χ3n) is 4.20. The van der Waals surface area contributed by atoms with Gasteiger partial charge in [0.25, 0.3) is 11.7 Å². The molecule has 0 fully saturated rings. The van der Waals surface area contributed by atoms with Crippen LogP contribution in [0.5, 0.6) is 0 Å². The minimum Gasteiger partial charge on any atom is -0.367 e. The summed E-state index contributed by atoms with van der Waals surface area (Å²) in [4.78, 5) is 25.3. The molecule has 2 aliphatic heterocycles. The van der Waals surface area contributed by atoms with E-state index in [0.29, 0.717) is 11.3 Å². The summed E-state index contributed by atoms with van der Waals surface area (Å²) in [5.41, 5.74) is 4.88. The topological polar surface area (TPSA) is 49.4 Å². The Hall–Kier alpha value is -2.62. The number of nitrogens with zero attached hydrogens (tertiary/aromatic N) is 1. The maximum Gasteiger partial charge on any atom is 0.296 e. The van der Waals surface area contributed by atoms with Gasteiger partial charge in [0.05, 0.1) is 11.3 Å². The molecule has 4 nitrogen and oxygen atoms in total. The fraction of sp³-hybridized carbons (Fsp3) is 0.176. The van der Waals surface area contributed by atoms with E-state index in [-0.39, 0.29) is 0 Å². The largest absolute Gasteiger partial charge is 0.367 e. The summed E-state index contributed by atoms with van der Waals surface area (Å²) in [7, 11) is 0. The molecule has 21 heavy (non-hydrogen) atoms. The van der Waals surface area contributed by atoms with Crippen LogP contribution in [0.25, 0.3) is 0 Å². The van der Waals surface area contributed by atoms with Crippen LogP contribution in [0.3, 0.4) is 0 Å². The van der Waals surface area contributed by atoms with E-state index in [4.69, 9.17) is 0 Å². The first-order chi connectivity index (χ1) is 10.2. The number of rotatable bonds is 1. The Morgan fingerprint density at radius 3 is 2.67 bits per heavy atom. The fourth-order valence-electron chi connectivity index (χ4n) is 3.05. The predicted octanol–water partition coefficient (Wildman–Crippen LogP) is 2.38. The first kappa shape index (κ1) is 12.1. The molecule has 0 spiro atoms. The third-order valence-corrected chi connectivity index (χ3v) is 4.20. The van der Waals surface area contributed by atoms with Crippen LogP contribution in [0, 0.1) is 0 Å². The number of nitrogens with one attached hydrogen (secondary N) is 1. The quantitative estimate of drug-likeness (QED) is 0.815. The first-order valence-electron chi connectivity index (χ1n) is 7.04. The molecule has 2 heterocycles. The van der Waals surface area contributed by atoms with Gasteiger partial charge in [0.15, 0.2) is 0 Å². The van der Waals surface area contributed by atoms with Crippen LogP contribution in [0.4, 0.5) is 11.4 Å². The molecule has 0 bridgehead atoms. The Labute approximate surface area is 122 Å². The van der Waals surface area contributed by atoms with Crippen LogP contribution in [0.15, 0.2) is 42.5 Å². The molecule has 0 aromatic heterocycles. The number of anilines is 2. The number of ketones is 1. The van der Waals surface area contributed by atoms with E-state index in [0.717, 1.165) is 25.2 Å². The van der Waals surface area contributed by atoms with E-state index in [1.165, 1.54) is 11.1 Å². The van der Waals surface area contributed by atoms with Crippen molar-refractivity contribution in [2.75, 3.05) is 16.8 Å². The molecule has 2 aromatic carbocycles. The van der Waals surface area contributed by atoms with Gasteiger partial charge in [-0.05, 0) is 35.7 Å². The molecule has 1 N–H and O–H groups in total.